The molecule has 0 saturated carbocycles. The van der Waals surface area contributed by atoms with Gasteiger partial charge in [0.25, 0.3) is 0 Å². The molecule has 0 aromatic heterocycles. The van der Waals surface area contributed by atoms with Crippen molar-refractivity contribution in [1.82, 2.24) is 5.32 Å². The normalized spacial score (nSPS) is 13.5. The summed E-state index contributed by atoms with van der Waals surface area (Å²) in [5, 5.41) is 3.38. The number of carbonyl (C=O) groups is 1. The Kier molecular flexibility index (Phi) is 13.1. The van der Waals surface area contributed by atoms with Crippen LogP contribution < -0.4 is 20.5 Å². The number of nitrogens with zero attached hydrogens (tertiary/aromatic N) is 1. The lowest BCUT2D eigenvalue weighted by Gasteiger charge is -2.17. The number of aryl methyl sites for hydroxylation is 1. The molecule has 0 spiro atoms. The van der Waals surface area contributed by atoms with Crippen LogP contribution in [0, 0.1) is 6.92 Å². The standard InChI is InChI=1S/C24H31N3O3.C8H10O/c1-5-30-24(28)15-22(17(2)18-10-12-21(29-4)13-11-18)23(26-3)16-27-20-9-7-6-8-19(25)14-20;1-7-3-5-8(9-2)6-4-7/h6,8-14,27H,5,7,15-16,25H2,1-4H3;3-6H,1-2H3/b22-17+,26-23?;. The van der Waals surface area contributed by atoms with Gasteiger partial charge in [0.15, 0.2) is 0 Å². The lowest BCUT2D eigenvalue weighted by atomic mass is 9.95. The van der Waals surface area contributed by atoms with Gasteiger partial charge in [-0.15, -0.1) is 0 Å². The van der Waals surface area contributed by atoms with Crippen LogP contribution in [0.25, 0.3) is 5.57 Å². The fourth-order valence-electron chi connectivity index (χ4n) is 3.81. The average Bonchev–Trinajstić information content (AvgIpc) is 3.17. The first-order valence-electron chi connectivity index (χ1n) is 12.9. The molecule has 2 aromatic carbocycles. The third kappa shape index (κ3) is 10.6. The fraction of sp³-hybridized carbons (Fsp3) is 0.312. The Morgan fingerprint density at radius 3 is 2.21 bits per heavy atom. The van der Waals surface area contributed by atoms with E-state index in [9.17, 15) is 4.79 Å². The second-order valence-electron chi connectivity index (χ2n) is 8.80. The number of nitrogens with one attached hydrogen (secondary N) is 1. The molecule has 0 aliphatic heterocycles. The molecule has 0 saturated heterocycles. The zero-order valence-corrected chi connectivity index (χ0v) is 23.9. The number of carbonyl (C=O) groups excluding carboxylic acids is 1. The van der Waals surface area contributed by atoms with E-state index in [4.69, 9.17) is 19.9 Å². The molecular formula is C32H41N3O4. The minimum Gasteiger partial charge on any atom is -0.497 e. The second kappa shape index (κ2) is 16.6. The Balaban J connectivity index is 0.000000499. The van der Waals surface area contributed by atoms with Crippen molar-refractivity contribution < 1.29 is 19.0 Å². The van der Waals surface area contributed by atoms with Gasteiger partial charge in [-0.05, 0) is 80.3 Å². The SMILES string of the molecule is CCOC(=O)C/C(C(CNC1=CCC=CC(N)=C1)=NC)=C(/C)c1ccc(OC)cc1.COc1ccc(C)cc1. The molecule has 1 aliphatic carbocycles. The molecule has 208 valence electrons. The van der Waals surface area contributed by atoms with Crippen molar-refractivity contribution in [2.75, 3.05) is 34.4 Å². The molecule has 0 unspecified atom stereocenters. The maximum absolute atomic E-state index is 12.3. The summed E-state index contributed by atoms with van der Waals surface area (Å²) >= 11 is 0. The fourth-order valence-corrected chi connectivity index (χ4v) is 3.81. The first kappa shape index (κ1) is 31.0. The van der Waals surface area contributed by atoms with E-state index in [0.29, 0.717) is 18.8 Å². The van der Waals surface area contributed by atoms with Crippen LogP contribution in [0.1, 0.15) is 37.8 Å². The van der Waals surface area contributed by atoms with Crippen LogP contribution >= 0.6 is 0 Å². The van der Waals surface area contributed by atoms with Crippen molar-refractivity contribution in [3.8, 4) is 11.5 Å². The van der Waals surface area contributed by atoms with Crippen molar-refractivity contribution in [1.29, 1.82) is 0 Å². The Hall–Kier alpha value is -4.26. The van der Waals surface area contributed by atoms with Crippen molar-refractivity contribution in [3.63, 3.8) is 0 Å². The predicted octanol–water partition coefficient (Wildman–Crippen LogP) is 5.77. The molecule has 7 heteroatoms. The number of rotatable bonds is 10. The maximum Gasteiger partial charge on any atom is 0.310 e. The van der Waals surface area contributed by atoms with Gasteiger partial charge >= 0.3 is 5.97 Å². The van der Waals surface area contributed by atoms with Crippen LogP contribution in [0.3, 0.4) is 0 Å². The van der Waals surface area contributed by atoms with Gasteiger partial charge in [0.05, 0.1) is 39.5 Å². The Morgan fingerprint density at radius 2 is 1.64 bits per heavy atom. The van der Waals surface area contributed by atoms with E-state index < -0.39 is 0 Å². The Labute approximate surface area is 232 Å². The van der Waals surface area contributed by atoms with E-state index in [1.165, 1.54) is 5.56 Å². The number of nitrogens with two attached hydrogens (primary N) is 1. The Morgan fingerprint density at radius 1 is 1.03 bits per heavy atom. The zero-order chi connectivity index (χ0) is 28.6. The number of benzene rings is 2. The van der Waals surface area contributed by atoms with Crippen LogP contribution in [0.15, 0.2) is 94.8 Å². The van der Waals surface area contributed by atoms with Crippen LogP contribution in [0.2, 0.25) is 0 Å². The van der Waals surface area contributed by atoms with Gasteiger partial charge in [-0.1, -0.05) is 42.0 Å². The zero-order valence-electron chi connectivity index (χ0n) is 23.9. The lowest BCUT2D eigenvalue weighted by molar-refractivity contribution is -0.142. The highest BCUT2D eigenvalue weighted by molar-refractivity contribution is 6.10. The smallest absolute Gasteiger partial charge is 0.310 e. The molecule has 0 heterocycles. The molecule has 0 radical (unpaired) electrons. The number of allylic oxidation sites excluding steroid dienone is 5. The van der Waals surface area contributed by atoms with E-state index >= 15 is 0 Å². The molecule has 0 amide bonds. The summed E-state index contributed by atoms with van der Waals surface area (Å²) in [5.74, 6) is 1.42. The van der Waals surface area contributed by atoms with Gasteiger partial charge in [0.1, 0.15) is 11.5 Å². The third-order valence-electron chi connectivity index (χ3n) is 6.04. The van der Waals surface area contributed by atoms with Crippen molar-refractivity contribution in [2.45, 2.75) is 33.6 Å². The van der Waals surface area contributed by atoms with Gasteiger partial charge in [-0.3, -0.25) is 9.79 Å². The molecule has 0 bridgehead atoms. The number of ether oxygens (including phenoxy) is 3. The van der Waals surface area contributed by atoms with Crippen LogP contribution in [-0.2, 0) is 9.53 Å². The number of esters is 1. The first-order chi connectivity index (χ1) is 18.8. The quantitative estimate of drug-likeness (QED) is 0.298. The summed E-state index contributed by atoms with van der Waals surface area (Å²) in [5.41, 5.74) is 12.4. The molecule has 0 atom stereocenters. The van der Waals surface area contributed by atoms with E-state index in [0.717, 1.165) is 46.0 Å². The van der Waals surface area contributed by atoms with Crippen LogP contribution in [0.5, 0.6) is 11.5 Å². The molecule has 1 aliphatic rings. The largest absolute Gasteiger partial charge is 0.497 e. The lowest BCUT2D eigenvalue weighted by Crippen LogP contribution is -2.25. The molecule has 3 rings (SSSR count). The summed E-state index contributed by atoms with van der Waals surface area (Å²) in [6.07, 6.45) is 8.80. The van der Waals surface area contributed by atoms with Crippen molar-refractivity contribution in [2.24, 2.45) is 10.7 Å². The minimum absolute atomic E-state index is 0.151. The minimum atomic E-state index is -0.275. The average molecular weight is 532 g/mol. The van der Waals surface area contributed by atoms with E-state index in [1.807, 2.05) is 73.7 Å². The van der Waals surface area contributed by atoms with E-state index in [2.05, 4.69) is 23.3 Å². The van der Waals surface area contributed by atoms with Gasteiger partial charge in [0, 0.05) is 18.4 Å². The summed E-state index contributed by atoms with van der Waals surface area (Å²) in [6.45, 7) is 6.66. The van der Waals surface area contributed by atoms with E-state index in [1.54, 1.807) is 28.2 Å². The van der Waals surface area contributed by atoms with Gasteiger partial charge in [-0.2, -0.15) is 0 Å². The molecule has 7 nitrogen and oxygen atoms in total. The number of aliphatic imine (C=N–C) groups is 1. The summed E-state index contributed by atoms with van der Waals surface area (Å²) in [4.78, 5) is 16.8. The highest BCUT2D eigenvalue weighted by atomic mass is 16.5. The highest BCUT2D eigenvalue weighted by Crippen LogP contribution is 2.24. The molecule has 0 fully saturated rings. The van der Waals surface area contributed by atoms with Crippen molar-refractivity contribution >= 4 is 17.3 Å². The molecule has 39 heavy (non-hydrogen) atoms. The summed E-state index contributed by atoms with van der Waals surface area (Å²) in [6, 6.07) is 15.7. The molecule has 3 N–H and O–H groups in total. The third-order valence-corrected chi connectivity index (χ3v) is 6.04. The summed E-state index contributed by atoms with van der Waals surface area (Å²) < 4.78 is 15.4. The predicted molar refractivity (Wildman–Crippen MR) is 160 cm³/mol. The molecular weight excluding hydrogens is 490 g/mol. The number of hydrogen-bond acceptors (Lipinski definition) is 7. The van der Waals surface area contributed by atoms with Crippen LogP contribution in [-0.4, -0.2) is 46.1 Å². The van der Waals surface area contributed by atoms with Gasteiger partial charge in [-0.25, -0.2) is 0 Å². The van der Waals surface area contributed by atoms with E-state index in [-0.39, 0.29) is 12.4 Å². The van der Waals surface area contributed by atoms with Crippen LogP contribution in [0.4, 0.5) is 0 Å². The number of methoxy groups -OCH3 is 2. The van der Waals surface area contributed by atoms with Crippen molar-refractivity contribution in [3.05, 3.63) is 101 Å². The second-order valence-corrected chi connectivity index (χ2v) is 8.80. The molecule has 2 aromatic rings. The van der Waals surface area contributed by atoms with Gasteiger partial charge in [0.2, 0.25) is 0 Å². The topological polar surface area (TPSA) is 95.2 Å². The highest BCUT2D eigenvalue weighted by Gasteiger charge is 2.17. The Bertz CT molecular complexity index is 1220. The van der Waals surface area contributed by atoms with Gasteiger partial charge < -0.3 is 25.3 Å². The first-order valence-corrected chi connectivity index (χ1v) is 12.9. The number of hydrogen-bond donors (Lipinski definition) is 2. The summed E-state index contributed by atoms with van der Waals surface area (Å²) in [7, 11) is 5.04. The maximum atomic E-state index is 12.3. The monoisotopic (exact) mass is 531 g/mol.